The van der Waals surface area contributed by atoms with E-state index in [-0.39, 0.29) is 0 Å². The monoisotopic (exact) mass is 372 g/mol. The van der Waals surface area contributed by atoms with Gasteiger partial charge in [-0.2, -0.15) is 0 Å². The van der Waals surface area contributed by atoms with Gasteiger partial charge < -0.3 is 9.26 Å². The highest BCUT2D eigenvalue weighted by molar-refractivity contribution is 7.92. The highest BCUT2D eigenvalue weighted by Gasteiger charge is 2.17. The molecule has 0 bridgehead atoms. The predicted octanol–water partition coefficient (Wildman–Crippen LogP) is 3.95. The minimum Gasteiger partial charge on any atom is -0.497 e. The summed E-state index contributed by atoms with van der Waals surface area (Å²) in [7, 11) is -1.67. The van der Waals surface area contributed by atoms with Gasteiger partial charge in [-0.15, -0.1) is 0 Å². The Morgan fingerprint density at radius 1 is 1.04 bits per heavy atom. The Morgan fingerprint density at radius 3 is 2.19 bits per heavy atom. The second-order valence-corrected chi connectivity index (χ2v) is 7.62. The van der Waals surface area contributed by atoms with Crippen molar-refractivity contribution >= 4 is 15.7 Å². The minimum absolute atomic E-state index is 0.504. The third-order valence-electron chi connectivity index (χ3n) is 3.96. The Labute approximate surface area is 152 Å². The smallest absolute Gasteiger partial charge is 0.229 e. The fourth-order valence-corrected chi connectivity index (χ4v) is 3.31. The van der Waals surface area contributed by atoms with Crippen molar-refractivity contribution in [2.75, 3.05) is 18.1 Å². The summed E-state index contributed by atoms with van der Waals surface area (Å²) < 4.78 is 35.9. The molecule has 1 N–H and O–H groups in total. The number of aromatic nitrogens is 1. The van der Waals surface area contributed by atoms with E-state index in [0.717, 1.165) is 40.8 Å². The summed E-state index contributed by atoms with van der Waals surface area (Å²) in [5, 5.41) is 4.24. The zero-order valence-corrected chi connectivity index (χ0v) is 15.6. The number of rotatable bonds is 6. The van der Waals surface area contributed by atoms with Gasteiger partial charge in [-0.05, 0) is 55.0 Å². The van der Waals surface area contributed by atoms with Gasteiger partial charge in [0.15, 0.2) is 5.76 Å². The van der Waals surface area contributed by atoms with Crippen LogP contribution < -0.4 is 9.46 Å². The van der Waals surface area contributed by atoms with E-state index in [1.807, 2.05) is 43.3 Å². The van der Waals surface area contributed by atoms with Crippen molar-refractivity contribution in [3.63, 3.8) is 0 Å². The molecule has 3 rings (SSSR count). The van der Waals surface area contributed by atoms with Gasteiger partial charge in [0.1, 0.15) is 11.4 Å². The van der Waals surface area contributed by atoms with Crippen LogP contribution in [0.4, 0.5) is 5.69 Å². The number of nitrogens with zero attached hydrogens (tertiary/aromatic N) is 1. The topological polar surface area (TPSA) is 81.4 Å². The zero-order valence-electron chi connectivity index (χ0n) is 14.8. The van der Waals surface area contributed by atoms with Crippen LogP contribution in [0.15, 0.2) is 53.1 Å². The molecule has 1 aromatic heterocycles. The van der Waals surface area contributed by atoms with Crippen molar-refractivity contribution in [2.45, 2.75) is 13.3 Å². The summed E-state index contributed by atoms with van der Waals surface area (Å²) in [5.41, 5.74) is 4.09. The van der Waals surface area contributed by atoms with E-state index < -0.39 is 10.0 Å². The summed E-state index contributed by atoms with van der Waals surface area (Å²) in [6.07, 6.45) is 1.87. The highest BCUT2D eigenvalue weighted by atomic mass is 32.2. The third-order valence-corrected chi connectivity index (χ3v) is 4.56. The van der Waals surface area contributed by atoms with Crippen LogP contribution >= 0.6 is 0 Å². The third kappa shape index (κ3) is 3.88. The first-order valence-electron chi connectivity index (χ1n) is 8.12. The Balaban J connectivity index is 1.94. The van der Waals surface area contributed by atoms with Crippen molar-refractivity contribution in [3.8, 4) is 28.3 Å². The standard InChI is InChI=1S/C19H20N2O4S/c1-4-17-18(13-7-11-16(24-2)12-8-13)20-25-19(17)14-5-9-15(10-6-14)21-26(3,22)23/h5-12,21H,4H2,1-3H3. The van der Waals surface area contributed by atoms with Crippen LogP contribution in [0, 0.1) is 0 Å². The molecule has 6 nitrogen and oxygen atoms in total. The fraction of sp³-hybridized carbons (Fsp3) is 0.211. The molecular weight excluding hydrogens is 352 g/mol. The lowest BCUT2D eigenvalue weighted by molar-refractivity contribution is 0.415. The Bertz CT molecular complexity index is 991. The molecule has 0 unspecified atom stereocenters. The molecule has 2 aromatic carbocycles. The maximum absolute atomic E-state index is 11.3. The van der Waals surface area contributed by atoms with E-state index in [4.69, 9.17) is 9.26 Å². The molecule has 0 radical (unpaired) electrons. The summed E-state index contributed by atoms with van der Waals surface area (Å²) in [4.78, 5) is 0. The summed E-state index contributed by atoms with van der Waals surface area (Å²) >= 11 is 0. The van der Waals surface area contributed by atoms with Gasteiger partial charge in [0.2, 0.25) is 10.0 Å². The molecule has 0 aliphatic heterocycles. The largest absolute Gasteiger partial charge is 0.497 e. The SMILES string of the molecule is CCc1c(-c2ccc(OC)cc2)noc1-c1ccc(NS(C)(=O)=O)cc1. The Hall–Kier alpha value is -2.80. The summed E-state index contributed by atoms with van der Waals surface area (Å²) in [5.74, 6) is 1.47. The molecule has 0 fully saturated rings. The van der Waals surface area contributed by atoms with E-state index >= 15 is 0 Å². The van der Waals surface area contributed by atoms with Gasteiger partial charge in [0.25, 0.3) is 0 Å². The number of benzene rings is 2. The molecule has 0 saturated carbocycles. The maximum Gasteiger partial charge on any atom is 0.229 e. The first kappa shape index (κ1) is 18.0. The van der Waals surface area contributed by atoms with E-state index in [0.29, 0.717) is 11.4 Å². The number of ether oxygens (including phenoxy) is 1. The van der Waals surface area contributed by atoms with Gasteiger partial charge in [0.05, 0.1) is 13.4 Å². The Morgan fingerprint density at radius 2 is 1.65 bits per heavy atom. The van der Waals surface area contributed by atoms with Gasteiger partial charge in [-0.1, -0.05) is 12.1 Å². The minimum atomic E-state index is -3.30. The first-order chi connectivity index (χ1) is 12.4. The van der Waals surface area contributed by atoms with Gasteiger partial charge in [0, 0.05) is 22.4 Å². The molecule has 0 aliphatic rings. The summed E-state index contributed by atoms with van der Waals surface area (Å²) in [6.45, 7) is 2.04. The number of hydrogen-bond donors (Lipinski definition) is 1. The zero-order chi connectivity index (χ0) is 18.7. The van der Waals surface area contributed by atoms with Crippen molar-refractivity contribution in [2.24, 2.45) is 0 Å². The highest BCUT2D eigenvalue weighted by Crippen LogP contribution is 2.33. The second kappa shape index (κ2) is 7.21. The van der Waals surface area contributed by atoms with Crippen molar-refractivity contribution in [1.82, 2.24) is 5.16 Å². The molecule has 0 spiro atoms. The predicted molar refractivity (Wildman–Crippen MR) is 102 cm³/mol. The molecule has 26 heavy (non-hydrogen) atoms. The Kier molecular flexibility index (Phi) is 4.99. The van der Waals surface area contributed by atoms with Crippen LogP contribution in [-0.4, -0.2) is 26.9 Å². The molecule has 0 atom stereocenters. The number of sulfonamides is 1. The summed E-state index contributed by atoms with van der Waals surface area (Å²) in [6, 6.07) is 14.7. The number of nitrogens with one attached hydrogen (secondary N) is 1. The molecule has 7 heteroatoms. The van der Waals surface area contributed by atoms with Crippen molar-refractivity contribution in [1.29, 1.82) is 0 Å². The van der Waals surface area contributed by atoms with Crippen molar-refractivity contribution in [3.05, 3.63) is 54.1 Å². The average molecular weight is 372 g/mol. The quantitative estimate of drug-likeness (QED) is 0.708. The molecular formula is C19H20N2O4S. The lowest BCUT2D eigenvalue weighted by atomic mass is 10.0. The van der Waals surface area contributed by atoms with Crippen LogP contribution in [-0.2, 0) is 16.4 Å². The van der Waals surface area contributed by atoms with Crippen LogP contribution in [0.25, 0.3) is 22.6 Å². The lowest BCUT2D eigenvalue weighted by Gasteiger charge is -2.05. The van der Waals surface area contributed by atoms with Crippen LogP contribution in [0.3, 0.4) is 0 Å². The first-order valence-corrected chi connectivity index (χ1v) is 10.0. The van der Waals surface area contributed by atoms with Crippen LogP contribution in [0.2, 0.25) is 0 Å². The molecule has 0 aliphatic carbocycles. The molecule has 136 valence electrons. The molecule has 0 saturated heterocycles. The van der Waals surface area contributed by atoms with Gasteiger partial charge in [-0.25, -0.2) is 8.42 Å². The molecule has 3 aromatic rings. The molecule has 1 heterocycles. The maximum atomic E-state index is 11.3. The van der Waals surface area contributed by atoms with E-state index in [9.17, 15) is 8.42 Å². The van der Waals surface area contributed by atoms with Crippen LogP contribution in [0.5, 0.6) is 5.75 Å². The second-order valence-electron chi connectivity index (χ2n) is 5.87. The van der Waals surface area contributed by atoms with Gasteiger partial charge >= 0.3 is 0 Å². The molecule has 0 amide bonds. The van der Waals surface area contributed by atoms with E-state index in [1.54, 1.807) is 19.2 Å². The lowest BCUT2D eigenvalue weighted by Crippen LogP contribution is -2.09. The fourth-order valence-electron chi connectivity index (χ4n) is 2.74. The van der Waals surface area contributed by atoms with Crippen LogP contribution in [0.1, 0.15) is 12.5 Å². The number of anilines is 1. The normalized spacial score (nSPS) is 11.3. The van der Waals surface area contributed by atoms with Gasteiger partial charge in [-0.3, -0.25) is 4.72 Å². The number of hydrogen-bond acceptors (Lipinski definition) is 5. The van der Waals surface area contributed by atoms with E-state index in [1.165, 1.54) is 0 Å². The number of methoxy groups -OCH3 is 1. The average Bonchev–Trinajstić information content (AvgIpc) is 3.05. The van der Waals surface area contributed by atoms with Crippen molar-refractivity contribution < 1.29 is 17.7 Å². The van der Waals surface area contributed by atoms with E-state index in [2.05, 4.69) is 9.88 Å².